The normalized spacial score (nSPS) is 11.5. The molecule has 3 heterocycles. The van der Waals surface area contributed by atoms with Crippen molar-refractivity contribution < 1.29 is 14.3 Å². The number of ether oxygens (including phenoxy) is 2. The zero-order chi connectivity index (χ0) is 37.2. The molecule has 3 N–H and O–H groups in total. The Morgan fingerprint density at radius 1 is 0.868 bits per heavy atom. The number of pyridine rings is 2. The highest BCUT2D eigenvalue weighted by Gasteiger charge is 2.24. The number of amides is 2. The van der Waals surface area contributed by atoms with E-state index in [1.807, 2.05) is 78.9 Å². The van der Waals surface area contributed by atoms with E-state index < -0.39 is 6.03 Å². The van der Waals surface area contributed by atoms with E-state index in [2.05, 4.69) is 59.3 Å². The van der Waals surface area contributed by atoms with Gasteiger partial charge in [-0.2, -0.15) is 0 Å². The fourth-order valence-corrected chi connectivity index (χ4v) is 6.39. The summed E-state index contributed by atoms with van der Waals surface area (Å²) in [6.07, 6.45) is 8.18. The smallest absolute Gasteiger partial charge is 0.323 e. The molecule has 0 saturated carbocycles. The van der Waals surface area contributed by atoms with E-state index >= 15 is 0 Å². The molecule has 0 unspecified atom stereocenters. The van der Waals surface area contributed by atoms with Crippen molar-refractivity contribution in [2.45, 2.75) is 71.9 Å². The van der Waals surface area contributed by atoms with Gasteiger partial charge in [-0.1, -0.05) is 88.7 Å². The first-order valence-electron chi connectivity index (χ1n) is 18.3. The molecule has 0 aliphatic rings. The van der Waals surface area contributed by atoms with Crippen molar-refractivity contribution in [2.75, 3.05) is 23.8 Å². The Balaban J connectivity index is 1.29. The molecule has 0 fully saturated rings. The average molecular weight is 713 g/mol. The summed E-state index contributed by atoms with van der Waals surface area (Å²) in [6.45, 7) is 10.4. The third-order valence-corrected chi connectivity index (χ3v) is 9.00. The highest BCUT2D eigenvalue weighted by molar-refractivity contribution is 6.07. The van der Waals surface area contributed by atoms with E-state index in [4.69, 9.17) is 9.47 Å². The number of carbonyl (C=O) groups is 1. The number of nitrogens with one attached hydrogen (secondary N) is 3. The number of anilines is 2. The van der Waals surface area contributed by atoms with Gasteiger partial charge in [0.15, 0.2) is 0 Å². The number of imidazole rings is 1. The number of hydrogen-bond donors (Lipinski definition) is 3. The molecule has 0 spiro atoms. The molecule has 2 amide bonds. The van der Waals surface area contributed by atoms with Crippen LogP contribution < -0.4 is 20.9 Å². The third-order valence-electron chi connectivity index (χ3n) is 9.00. The lowest BCUT2D eigenvalue weighted by molar-refractivity contribution is 0.107. The topological polar surface area (TPSA) is 123 Å². The number of nitrogens with zero attached hydrogens (tertiary/aromatic N) is 3. The van der Waals surface area contributed by atoms with E-state index in [9.17, 15) is 9.59 Å². The minimum absolute atomic E-state index is 0.176. The molecule has 0 radical (unpaired) electrons. The predicted molar refractivity (Wildman–Crippen MR) is 212 cm³/mol. The van der Waals surface area contributed by atoms with Crippen LogP contribution in [-0.4, -0.2) is 38.8 Å². The molecule has 0 atom stereocenters. The molecule has 274 valence electrons. The largest absolute Gasteiger partial charge is 0.493 e. The van der Waals surface area contributed by atoms with Gasteiger partial charge in [0.1, 0.15) is 22.9 Å². The van der Waals surface area contributed by atoms with Crippen molar-refractivity contribution in [3.8, 4) is 16.9 Å². The van der Waals surface area contributed by atoms with Crippen LogP contribution >= 0.6 is 0 Å². The lowest BCUT2D eigenvalue weighted by Gasteiger charge is -2.24. The Morgan fingerprint density at radius 2 is 1.72 bits per heavy atom. The van der Waals surface area contributed by atoms with E-state index in [-0.39, 0.29) is 16.7 Å². The molecule has 0 aliphatic carbocycles. The summed E-state index contributed by atoms with van der Waals surface area (Å²) in [5.74, 6) is 1.48. The van der Waals surface area contributed by atoms with Crippen LogP contribution in [0.2, 0.25) is 0 Å². The molecule has 10 heteroatoms. The van der Waals surface area contributed by atoms with Gasteiger partial charge in [0.2, 0.25) is 0 Å². The standard InChI is InChI=1S/C43H48N6O4/c1-5-6-23-49-40-34(17-11-20-46-40)38(32-15-10-16-33(28-32)53-25-12-24-52-29-30-13-8-7-9-14-30)39(41(49)50)48-42(51)47-36-26-31(27-37-44-21-22-45-37)18-19-35(36)43(2,3)4/h7-11,13-22,26,28H,5-6,12,23-25,27,29H2,1-4H3,(H,44,45)(H2,47,48,51). The van der Waals surface area contributed by atoms with Crippen molar-refractivity contribution in [3.63, 3.8) is 0 Å². The van der Waals surface area contributed by atoms with Crippen molar-refractivity contribution in [1.29, 1.82) is 0 Å². The van der Waals surface area contributed by atoms with Gasteiger partial charge < -0.3 is 25.1 Å². The quantitative estimate of drug-likeness (QED) is 0.0913. The van der Waals surface area contributed by atoms with Gasteiger partial charge in [-0.3, -0.25) is 9.36 Å². The second-order valence-corrected chi connectivity index (χ2v) is 14.1. The summed E-state index contributed by atoms with van der Waals surface area (Å²) in [4.78, 5) is 40.6. The van der Waals surface area contributed by atoms with Crippen molar-refractivity contribution in [3.05, 3.63) is 136 Å². The van der Waals surface area contributed by atoms with Crippen LogP contribution in [0.4, 0.5) is 16.2 Å². The molecule has 3 aromatic carbocycles. The molecule has 6 aromatic rings. The van der Waals surface area contributed by atoms with Crippen molar-refractivity contribution in [1.82, 2.24) is 19.5 Å². The van der Waals surface area contributed by atoms with Crippen LogP contribution in [0.3, 0.4) is 0 Å². The van der Waals surface area contributed by atoms with Crippen LogP contribution in [0.5, 0.6) is 5.75 Å². The Bertz CT molecular complexity index is 2190. The number of aromatic nitrogens is 4. The fraction of sp³-hybridized carbons (Fsp3) is 0.302. The van der Waals surface area contributed by atoms with E-state index in [1.54, 1.807) is 23.2 Å². The number of H-pyrrole nitrogens is 1. The first kappa shape index (κ1) is 37.0. The second-order valence-electron chi connectivity index (χ2n) is 14.1. The molecule has 53 heavy (non-hydrogen) atoms. The SMILES string of the molecule is CCCCn1c(=O)c(NC(=O)Nc2cc(Cc3ncc[nH]3)ccc2C(C)(C)C)c(-c2cccc(OCCCOCc3ccccc3)c2)c2cccnc21. The zero-order valence-corrected chi connectivity index (χ0v) is 30.9. The molecule has 10 nitrogen and oxygen atoms in total. The first-order chi connectivity index (χ1) is 25.7. The third kappa shape index (κ3) is 9.39. The van der Waals surface area contributed by atoms with Gasteiger partial charge in [-0.05, 0) is 64.4 Å². The average Bonchev–Trinajstić information content (AvgIpc) is 3.66. The van der Waals surface area contributed by atoms with Gasteiger partial charge in [0.05, 0.1) is 19.8 Å². The molecule has 0 saturated heterocycles. The number of aromatic amines is 1. The second kappa shape index (κ2) is 17.2. The molecule has 0 aliphatic heterocycles. The summed E-state index contributed by atoms with van der Waals surface area (Å²) in [6, 6.07) is 27.0. The number of urea groups is 1. The molecule has 3 aromatic heterocycles. The minimum Gasteiger partial charge on any atom is -0.493 e. The summed E-state index contributed by atoms with van der Waals surface area (Å²) in [5.41, 5.74) is 5.22. The minimum atomic E-state index is -0.516. The molecule has 6 rings (SSSR count). The van der Waals surface area contributed by atoms with E-state index in [0.717, 1.165) is 46.3 Å². The maximum absolute atomic E-state index is 14.4. The van der Waals surface area contributed by atoms with Crippen LogP contribution in [0.15, 0.2) is 108 Å². The Hall–Kier alpha value is -5.74. The van der Waals surface area contributed by atoms with E-state index in [1.165, 1.54) is 0 Å². The lowest BCUT2D eigenvalue weighted by Crippen LogP contribution is -2.30. The zero-order valence-electron chi connectivity index (χ0n) is 30.9. The maximum atomic E-state index is 14.4. The highest BCUT2D eigenvalue weighted by atomic mass is 16.5. The summed E-state index contributed by atoms with van der Waals surface area (Å²) < 4.78 is 13.6. The Kier molecular flexibility index (Phi) is 12.0. The van der Waals surface area contributed by atoms with Crippen LogP contribution in [0.25, 0.3) is 22.2 Å². The number of aryl methyl sites for hydroxylation is 1. The molecular weight excluding hydrogens is 665 g/mol. The van der Waals surface area contributed by atoms with Gasteiger partial charge in [-0.15, -0.1) is 0 Å². The number of unbranched alkanes of at least 4 members (excludes halogenated alkanes) is 1. The van der Waals surface area contributed by atoms with Gasteiger partial charge in [0.25, 0.3) is 5.56 Å². The maximum Gasteiger partial charge on any atom is 0.323 e. The fourth-order valence-electron chi connectivity index (χ4n) is 6.39. The number of fused-ring (bicyclic) bond motifs is 1. The number of hydrogen-bond acceptors (Lipinski definition) is 6. The lowest BCUT2D eigenvalue weighted by atomic mass is 9.85. The van der Waals surface area contributed by atoms with Gasteiger partial charge in [0, 0.05) is 54.6 Å². The summed E-state index contributed by atoms with van der Waals surface area (Å²) >= 11 is 0. The summed E-state index contributed by atoms with van der Waals surface area (Å²) in [5, 5.41) is 6.83. The Labute approximate surface area is 310 Å². The van der Waals surface area contributed by atoms with Crippen LogP contribution in [0, 0.1) is 0 Å². The van der Waals surface area contributed by atoms with Crippen LogP contribution in [0.1, 0.15) is 69.5 Å². The monoisotopic (exact) mass is 712 g/mol. The predicted octanol–water partition coefficient (Wildman–Crippen LogP) is 9.10. The van der Waals surface area contributed by atoms with Crippen molar-refractivity contribution >= 4 is 28.4 Å². The number of benzene rings is 3. The van der Waals surface area contributed by atoms with Crippen molar-refractivity contribution in [2.24, 2.45) is 0 Å². The molecular formula is C43H48N6O4. The highest BCUT2D eigenvalue weighted by Crippen LogP contribution is 2.36. The van der Waals surface area contributed by atoms with Crippen LogP contribution in [-0.2, 0) is 29.7 Å². The Morgan fingerprint density at radius 3 is 2.49 bits per heavy atom. The first-order valence-corrected chi connectivity index (χ1v) is 18.3. The van der Waals surface area contributed by atoms with E-state index in [0.29, 0.717) is 61.9 Å². The van der Waals surface area contributed by atoms with Gasteiger partial charge in [-0.25, -0.2) is 14.8 Å². The van der Waals surface area contributed by atoms with Gasteiger partial charge >= 0.3 is 6.03 Å². The summed E-state index contributed by atoms with van der Waals surface area (Å²) in [7, 11) is 0. The number of rotatable bonds is 15. The number of carbonyl (C=O) groups excluding carboxylic acids is 1. The molecule has 0 bridgehead atoms.